The summed E-state index contributed by atoms with van der Waals surface area (Å²) in [6.07, 6.45) is -1.08. The first kappa shape index (κ1) is 19.9. The fraction of sp³-hybridized carbons (Fsp3) is 0.643. The van der Waals surface area contributed by atoms with Gasteiger partial charge in [-0.3, -0.25) is 10.1 Å². The predicted octanol–water partition coefficient (Wildman–Crippen LogP) is 2.55. The Hall–Kier alpha value is -1.16. The van der Waals surface area contributed by atoms with E-state index in [1.54, 1.807) is 20.8 Å². The quantitative estimate of drug-likeness (QED) is 0.713. The number of aliphatic hydroxyl groups is 2. The van der Waals surface area contributed by atoms with E-state index in [0.29, 0.717) is 10.6 Å². The summed E-state index contributed by atoms with van der Waals surface area (Å²) in [7, 11) is 0. The van der Waals surface area contributed by atoms with E-state index in [-0.39, 0.29) is 16.7 Å². The van der Waals surface area contributed by atoms with Crippen LogP contribution >= 0.6 is 23.1 Å². The van der Waals surface area contributed by atoms with E-state index < -0.39 is 23.9 Å². The van der Waals surface area contributed by atoms with Crippen molar-refractivity contribution < 1.29 is 24.5 Å². The molecular weight excluding hydrogens is 340 g/mol. The number of nitrogens with one attached hydrogen (secondary N) is 1. The van der Waals surface area contributed by atoms with Gasteiger partial charge in [0, 0.05) is 18.9 Å². The van der Waals surface area contributed by atoms with Crippen LogP contribution in [-0.2, 0) is 9.53 Å². The van der Waals surface area contributed by atoms with Crippen LogP contribution in [0.1, 0.15) is 45.1 Å². The average Bonchev–Trinajstić information content (AvgIpc) is 2.83. The van der Waals surface area contributed by atoms with Crippen LogP contribution in [0.25, 0.3) is 0 Å². The van der Waals surface area contributed by atoms with Gasteiger partial charge in [-0.1, -0.05) is 23.1 Å². The number of thioether (sulfide) groups is 1. The van der Waals surface area contributed by atoms with Crippen molar-refractivity contribution in [3.63, 3.8) is 0 Å². The number of hydrogen-bond acceptors (Lipinski definition) is 8. The second kappa shape index (κ2) is 8.62. The number of carbonyl (C=O) groups is 2. The molecule has 0 aliphatic rings. The molecule has 2 unspecified atom stereocenters. The van der Waals surface area contributed by atoms with Gasteiger partial charge in [-0.25, -0.2) is 9.78 Å². The Morgan fingerprint density at radius 2 is 2.09 bits per heavy atom. The summed E-state index contributed by atoms with van der Waals surface area (Å²) >= 11 is 2.15. The third-order valence-corrected chi connectivity index (χ3v) is 4.34. The minimum atomic E-state index is -1.12. The molecule has 1 amide bonds. The molecular formula is C14H22N2O5S2. The van der Waals surface area contributed by atoms with Gasteiger partial charge in [0.15, 0.2) is 10.2 Å². The Kier molecular flexibility index (Phi) is 7.46. The Bertz CT molecular complexity index is 542. The van der Waals surface area contributed by atoms with Gasteiger partial charge in [0.1, 0.15) is 11.7 Å². The van der Waals surface area contributed by atoms with Crippen LogP contribution in [0.5, 0.6) is 0 Å². The van der Waals surface area contributed by atoms with E-state index in [1.807, 2.05) is 0 Å². The Morgan fingerprint density at radius 3 is 2.65 bits per heavy atom. The zero-order valence-electron chi connectivity index (χ0n) is 13.5. The fourth-order valence-corrected chi connectivity index (χ4v) is 3.04. The van der Waals surface area contributed by atoms with Gasteiger partial charge in [-0.05, 0) is 27.2 Å². The molecule has 0 saturated carbocycles. The van der Waals surface area contributed by atoms with Crippen molar-refractivity contribution in [1.82, 2.24) is 4.98 Å². The summed E-state index contributed by atoms with van der Waals surface area (Å²) in [5.41, 5.74) is -0.617. The van der Waals surface area contributed by atoms with Gasteiger partial charge in [0.05, 0.1) is 11.0 Å². The minimum absolute atomic E-state index is 0.0340. The highest BCUT2D eigenvalue weighted by atomic mass is 32.2. The number of thiazole rings is 1. The highest BCUT2D eigenvalue weighted by Crippen LogP contribution is 2.28. The standard InChI is InChI=1S/C14H22N2O5S2/c1-8(17)22-6-5-9(18)11(19)10-7-15-12(23-10)16-13(20)21-14(2,3)4/h7,9,11,18-19H,5-6H2,1-4H3,(H,15,16,20). The van der Waals surface area contributed by atoms with Crippen molar-refractivity contribution in [3.8, 4) is 0 Å². The average molecular weight is 362 g/mol. The molecule has 2 atom stereocenters. The Balaban J connectivity index is 2.54. The van der Waals surface area contributed by atoms with Crippen molar-refractivity contribution >= 4 is 39.4 Å². The molecule has 0 aromatic carbocycles. The lowest BCUT2D eigenvalue weighted by Gasteiger charge is -2.19. The van der Waals surface area contributed by atoms with Crippen molar-refractivity contribution in [2.75, 3.05) is 11.1 Å². The number of anilines is 1. The molecule has 23 heavy (non-hydrogen) atoms. The second-order valence-electron chi connectivity index (χ2n) is 5.84. The largest absolute Gasteiger partial charge is 0.444 e. The molecule has 1 aromatic rings. The highest BCUT2D eigenvalue weighted by Gasteiger charge is 2.22. The fourth-order valence-electron chi connectivity index (χ4n) is 1.54. The summed E-state index contributed by atoms with van der Waals surface area (Å²) in [5, 5.41) is 22.7. The van der Waals surface area contributed by atoms with E-state index in [1.165, 1.54) is 13.1 Å². The van der Waals surface area contributed by atoms with Crippen LogP contribution in [0.4, 0.5) is 9.93 Å². The van der Waals surface area contributed by atoms with Gasteiger partial charge in [-0.15, -0.1) is 0 Å². The molecule has 1 aromatic heterocycles. The van der Waals surface area contributed by atoms with Crippen LogP contribution in [0.3, 0.4) is 0 Å². The summed E-state index contributed by atoms with van der Waals surface area (Å²) in [4.78, 5) is 26.9. The van der Waals surface area contributed by atoms with Gasteiger partial charge in [0.25, 0.3) is 0 Å². The molecule has 0 fully saturated rings. The van der Waals surface area contributed by atoms with E-state index in [9.17, 15) is 19.8 Å². The maximum Gasteiger partial charge on any atom is 0.413 e. The van der Waals surface area contributed by atoms with Crippen molar-refractivity contribution in [2.24, 2.45) is 0 Å². The SMILES string of the molecule is CC(=O)SCCC(O)C(O)c1cnc(NC(=O)OC(C)(C)C)s1. The summed E-state index contributed by atoms with van der Waals surface area (Å²) in [5.74, 6) is 0.426. The number of carbonyl (C=O) groups excluding carboxylic acids is 2. The molecule has 1 rings (SSSR count). The van der Waals surface area contributed by atoms with Crippen LogP contribution in [0, 0.1) is 0 Å². The van der Waals surface area contributed by atoms with Crippen molar-refractivity contribution in [3.05, 3.63) is 11.1 Å². The van der Waals surface area contributed by atoms with Crippen molar-refractivity contribution in [2.45, 2.75) is 51.9 Å². The Labute approximate surface area is 143 Å². The van der Waals surface area contributed by atoms with E-state index in [0.717, 1.165) is 23.1 Å². The Morgan fingerprint density at radius 1 is 1.43 bits per heavy atom. The van der Waals surface area contributed by atoms with Crippen LogP contribution < -0.4 is 5.32 Å². The first-order valence-electron chi connectivity index (χ1n) is 7.03. The number of amides is 1. The second-order valence-corrected chi connectivity index (χ2v) is 8.17. The lowest BCUT2D eigenvalue weighted by molar-refractivity contribution is -0.109. The zero-order chi connectivity index (χ0) is 17.6. The number of aromatic nitrogens is 1. The maximum atomic E-state index is 11.6. The van der Waals surface area contributed by atoms with Crippen molar-refractivity contribution in [1.29, 1.82) is 0 Å². The molecule has 0 saturated heterocycles. The highest BCUT2D eigenvalue weighted by molar-refractivity contribution is 8.13. The molecule has 0 aliphatic heterocycles. The molecule has 130 valence electrons. The van der Waals surface area contributed by atoms with Gasteiger partial charge < -0.3 is 14.9 Å². The number of nitrogens with zero attached hydrogens (tertiary/aromatic N) is 1. The summed E-state index contributed by atoms with van der Waals surface area (Å²) in [6.45, 7) is 6.70. The van der Waals surface area contributed by atoms with Crippen LogP contribution in [-0.4, -0.2) is 43.9 Å². The number of hydrogen-bond donors (Lipinski definition) is 3. The molecule has 0 bridgehead atoms. The third kappa shape index (κ3) is 7.78. The van der Waals surface area contributed by atoms with Gasteiger partial charge >= 0.3 is 6.09 Å². The van der Waals surface area contributed by atoms with E-state index >= 15 is 0 Å². The summed E-state index contributed by atoms with van der Waals surface area (Å²) < 4.78 is 5.10. The first-order chi connectivity index (χ1) is 10.6. The van der Waals surface area contributed by atoms with Crippen LogP contribution in [0.2, 0.25) is 0 Å². The lowest BCUT2D eigenvalue weighted by atomic mass is 10.1. The molecule has 0 aliphatic carbocycles. The van der Waals surface area contributed by atoms with E-state index in [4.69, 9.17) is 4.74 Å². The normalized spacial score (nSPS) is 14.2. The minimum Gasteiger partial charge on any atom is -0.444 e. The van der Waals surface area contributed by atoms with Gasteiger partial charge in [-0.2, -0.15) is 0 Å². The topological polar surface area (TPSA) is 109 Å². The number of aliphatic hydroxyl groups excluding tert-OH is 2. The summed E-state index contributed by atoms with van der Waals surface area (Å²) in [6, 6.07) is 0. The number of rotatable bonds is 6. The van der Waals surface area contributed by atoms with E-state index in [2.05, 4.69) is 10.3 Å². The lowest BCUT2D eigenvalue weighted by Crippen LogP contribution is -2.27. The monoisotopic (exact) mass is 362 g/mol. The van der Waals surface area contributed by atoms with Gasteiger partial charge in [0.2, 0.25) is 0 Å². The third-order valence-electron chi connectivity index (χ3n) is 2.51. The molecule has 0 spiro atoms. The zero-order valence-corrected chi connectivity index (χ0v) is 15.2. The predicted molar refractivity (Wildman–Crippen MR) is 90.7 cm³/mol. The molecule has 7 nitrogen and oxygen atoms in total. The molecule has 3 N–H and O–H groups in total. The van der Waals surface area contributed by atoms with Crippen LogP contribution in [0.15, 0.2) is 6.20 Å². The number of ether oxygens (including phenoxy) is 1. The molecule has 1 heterocycles. The maximum absolute atomic E-state index is 11.6. The molecule has 9 heteroatoms. The smallest absolute Gasteiger partial charge is 0.413 e. The first-order valence-corrected chi connectivity index (χ1v) is 8.84. The molecule has 0 radical (unpaired) electrons.